The Morgan fingerprint density at radius 2 is 2.12 bits per heavy atom. The number of ether oxygens (including phenoxy) is 2. The summed E-state index contributed by atoms with van der Waals surface area (Å²) in [6, 6.07) is 4.71. The van der Waals surface area contributed by atoms with Crippen LogP contribution >= 0.6 is 0 Å². The topological polar surface area (TPSA) is 140 Å². The minimum absolute atomic E-state index is 0.139. The Morgan fingerprint density at radius 1 is 1.29 bits per heavy atom. The van der Waals surface area contributed by atoms with Crippen LogP contribution < -0.4 is 10.1 Å². The Morgan fingerprint density at radius 3 is 2.88 bits per heavy atom. The summed E-state index contributed by atoms with van der Waals surface area (Å²) in [7, 11) is 1.44. The van der Waals surface area contributed by atoms with Gasteiger partial charge in [0.1, 0.15) is 22.8 Å². The first-order valence-electron chi connectivity index (χ1n) is 13.4. The quantitative estimate of drug-likeness (QED) is 0.311. The molecule has 5 heterocycles. The number of aromatic nitrogens is 6. The van der Waals surface area contributed by atoms with Crippen molar-refractivity contribution in [3.63, 3.8) is 0 Å². The highest BCUT2D eigenvalue weighted by atomic mass is 19.1. The molecule has 2 aliphatic rings. The second kappa shape index (κ2) is 10.3. The standard InChI is InChI=1S/C28H29FN8O4/c1-4-41-16(2)20-6-10-37-25(32-20)23(15-31-37)33-26(38)17-5-9-36(28(13-17)7-8-28)27(39)22-12-21(34-35-22)18-11-24(40-3)30-14-19(18)29/h6,10-12,14-15,17H,2,4-5,7-9,13H2,1,3H3,(H,33,38)(H,34,35). The van der Waals surface area contributed by atoms with Gasteiger partial charge in [-0.3, -0.25) is 14.7 Å². The lowest BCUT2D eigenvalue weighted by Gasteiger charge is -2.39. The third kappa shape index (κ3) is 4.87. The molecule has 0 radical (unpaired) electrons. The number of methoxy groups -OCH3 is 1. The molecule has 1 aliphatic carbocycles. The van der Waals surface area contributed by atoms with Crippen LogP contribution in [0.15, 0.2) is 43.4 Å². The number of halogens is 1. The Balaban J connectivity index is 1.15. The maximum Gasteiger partial charge on any atom is 0.272 e. The molecule has 1 unspecified atom stereocenters. The third-order valence-corrected chi connectivity index (χ3v) is 7.70. The van der Waals surface area contributed by atoms with Gasteiger partial charge < -0.3 is 19.7 Å². The van der Waals surface area contributed by atoms with Gasteiger partial charge in [0, 0.05) is 35.8 Å². The number of hydrogen-bond acceptors (Lipinski definition) is 8. The molecule has 2 fully saturated rings. The zero-order valence-electron chi connectivity index (χ0n) is 22.7. The first-order chi connectivity index (χ1) is 19.8. The van der Waals surface area contributed by atoms with Gasteiger partial charge in [-0.05, 0) is 44.7 Å². The lowest BCUT2D eigenvalue weighted by Crippen LogP contribution is -2.50. The van der Waals surface area contributed by atoms with E-state index in [0.29, 0.717) is 48.8 Å². The van der Waals surface area contributed by atoms with Crippen molar-refractivity contribution in [3.05, 3.63) is 60.6 Å². The zero-order chi connectivity index (χ0) is 28.7. The Hall–Kier alpha value is -4.81. The largest absolute Gasteiger partial charge is 0.492 e. The molecule has 1 atom stereocenters. The average Bonchev–Trinajstić information content (AvgIpc) is 3.38. The van der Waals surface area contributed by atoms with Crippen LogP contribution in [0.4, 0.5) is 10.1 Å². The van der Waals surface area contributed by atoms with Crippen LogP contribution in [-0.2, 0) is 9.53 Å². The molecule has 1 aliphatic heterocycles. The fourth-order valence-corrected chi connectivity index (χ4v) is 5.39. The molecular formula is C28H29FN8O4. The lowest BCUT2D eigenvalue weighted by molar-refractivity contribution is -0.122. The summed E-state index contributed by atoms with van der Waals surface area (Å²) >= 11 is 0. The molecule has 1 saturated heterocycles. The van der Waals surface area contributed by atoms with Crippen molar-refractivity contribution in [2.24, 2.45) is 5.92 Å². The number of fused-ring (bicyclic) bond motifs is 1. The van der Waals surface area contributed by atoms with Crippen LogP contribution in [0.3, 0.4) is 0 Å². The van der Waals surface area contributed by atoms with E-state index in [-0.39, 0.29) is 40.6 Å². The van der Waals surface area contributed by atoms with Crippen molar-refractivity contribution in [1.29, 1.82) is 0 Å². The van der Waals surface area contributed by atoms with E-state index in [4.69, 9.17) is 9.47 Å². The van der Waals surface area contributed by atoms with E-state index in [1.165, 1.54) is 19.2 Å². The van der Waals surface area contributed by atoms with Crippen LogP contribution in [0.2, 0.25) is 0 Å². The summed E-state index contributed by atoms with van der Waals surface area (Å²) in [5, 5.41) is 14.2. The molecule has 13 heteroatoms. The predicted octanol–water partition coefficient (Wildman–Crippen LogP) is 3.69. The van der Waals surface area contributed by atoms with Gasteiger partial charge in [0.15, 0.2) is 11.5 Å². The minimum Gasteiger partial charge on any atom is -0.492 e. The Bertz CT molecular complexity index is 1660. The molecule has 41 heavy (non-hydrogen) atoms. The van der Waals surface area contributed by atoms with Gasteiger partial charge in [-0.2, -0.15) is 10.2 Å². The Labute approximate surface area is 234 Å². The van der Waals surface area contributed by atoms with Gasteiger partial charge in [0.2, 0.25) is 11.8 Å². The van der Waals surface area contributed by atoms with Gasteiger partial charge in [0.25, 0.3) is 5.91 Å². The molecule has 12 nitrogen and oxygen atoms in total. The maximum atomic E-state index is 14.4. The summed E-state index contributed by atoms with van der Waals surface area (Å²) in [6.45, 7) is 6.65. The summed E-state index contributed by atoms with van der Waals surface area (Å²) < 4.78 is 26.5. The second-order valence-electron chi connectivity index (χ2n) is 10.2. The van der Waals surface area contributed by atoms with Crippen molar-refractivity contribution in [1.82, 2.24) is 34.7 Å². The minimum atomic E-state index is -0.571. The number of rotatable bonds is 8. The first kappa shape index (κ1) is 26.4. The van der Waals surface area contributed by atoms with E-state index in [9.17, 15) is 14.0 Å². The molecule has 4 aromatic heterocycles. The number of nitrogens with zero attached hydrogens (tertiary/aromatic N) is 6. The predicted molar refractivity (Wildman–Crippen MR) is 146 cm³/mol. The van der Waals surface area contributed by atoms with Crippen molar-refractivity contribution >= 4 is 28.9 Å². The van der Waals surface area contributed by atoms with Crippen LogP contribution in [0.25, 0.3) is 22.7 Å². The molecular weight excluding hydrogens is 531 g/mol. The summed E-state index contributed by atoms with van der Waals surface area (Å²) in [6.07, 6.45) is 7.01. The highest BCUT2D eigenvalue weighted by molar-refractivity contribution is 5.97. The summed E-state index contributed by atoms with van der Waals surface area (Å²) in [5.74, 6) is -0.537. The number of carbonyl (C=O) groups excluding carboxylic acids is 2. The van der Waals surface area contributed by atoms with Crippen molar-refractivity contribution in [2.75, 3.05) is 25.6 Å². The number of hydrogen-bond donors (Lipinski definition) is 2. The van der Waals surface area contributed by atoms with Crippen LogP contribution in [0.5, 0.6) is 5.88 Å². The smallest absolute Gasteiger partial charge is 0.272 e. The van der Waals surface area contributed by atoms with Gasteiger partial charge in [-0.25, -0.2) is 18.9 Å². The number of amides is 2. The van der Waals surface area contributed by atoms with Crippen molar-refractivity contribution < 1.29 is 23.5 Å². The SMILES string of the molecule is C=C(OCC)c1ccn2ncc(NC(=O)C3CCN(C(=O)c4cc(-c5cc(OC)ncc5F)n[nH]4)C4(CC4)C3)c2n1. The molecule has 2 N–H and O–H groups in total. The molecule has 0 bridgehead atoms. The van der Waals surface area contributed by atoms with E-state index in [1.54, 1.807) is 23.0 Å². The molecule has 1 spiro atoms. The second-order valence-corrected chi connectivity index (χ2v) is 10.2. The third-order valence-electron chi connectivity index (χ3n) is 7.70. The lowest BCUT2D eigenvalue weighted by atomic mass is 9.88. The molecule has 6 rings (SSSR count). The van der Waals surface area contributed by atoms with E-state index in [1.807, 2.05) is 11.8 Å². The van der Waals surface area contributed by atoms with Crippen LogP contribution in [-0.4, -0.2) is 72.3 Å². The van der Waals surface area contributed by atoms with Crippen LogP contribution in [0, 0.1) is 11.7 Å². The average molecular weight is 561 g/mol. The van der Waals surface area contributed by atoms with E-state index < -0.39 is 11.4 Å². The van der Waals surface area contributed by atoms with Gasteiger partial charge in [-0.1, -0.05) is 6.58 Å². The fraction of sp³-hybridized carbons (Fsp3) is 0.357. The van der Waals surface area contributed by atoms with E-state index in [2.05, 4.69) is 37.2 Å². The maximum absolute atomic E-state index is 14.4. The highest BCUT2D eigenvalue weighted by Crippen LogP contribution is 2.50. The normalized spacial score (nSPS) is 17.4. The molecule has 212 valence electrons. The fourth-order valence-electron chi connectivity index (χ4n) is 5.39. The molecule has 1 saturated carbocycles. The van der Waals surface area contributed by atoms with Gasteiger partial charge >= 0.3 is 0 Å². The number of likely N-dealkylation sites (tertiary alicyclic amines) is 1. The molecule has 0 aromatic carbocycles. The molecule has 2 amide bonds. The number of pyridine rings is 1. The van der Waals surface area contributed by atoms with Crippen molar-refractivity contribution in [3.8, 4) is 17.1 Å². The van der Waals surface area contributed by atoms with E-state index in [0.717, 1.165) is 19.0 Å². The highest BCUT2D eigenvalue weighted by Gasteiger charge is 2.54. The van der Waals surface area contributed by atoms with Crippen LogP contribution in [0.1, 0.15) is 48.8 Å². The van der Waals surface area contributed by atoms with Crippen molar-refractivity contribution in [2.45, 2.75) is 38.1 Å². The summed E-state index contributed by atoms with van der Waals surface area (Å²) in [4.78, 5) is 37.1. The first-order valence-corrected chi connectivity index (χ1v) is 13.4. The number of piperidine rings is 1. The number of aromatic amines is 1. The number of nitrogens with one attached hydrogen (secondary N) is 2. The summed E-state index contributed by atoms with van der Waals surface area (Å²) in [5.41, 5.74) is 1.87. The number of H-pyrrole nitrogens is 1. The monoisotopic (exact) mass is 560 g/mol. The van der Waals surface area contributed by atoms with E-state index >= 15 is 0 Å². The Kier molecular flexibility index (Phi) is 6.64. The van der Waals surface area contributed by atoms with Gasteiger partial charge in [0.05, 0.1) is 31.8 Å². The van der Waals surface area contributed by atoms with Gasteiger partial charge in [-0.15, -0.1) is 0 Å². The molecule has 4 aromatic rings. The zero-order valence-corrected chi connectivity index (χ0v) is 22.7. The number of carbonyl (C=O) groups is 2. The number of anilines is 1.